The molecule has 0 aliphatic heterocycles. The molecule has 1 aromatic rings. The second kappa shape index (κ2) is 3.48. The number of benzene rings is 1. The summed E-state index contributed by atoms with van der Waals surface area (Å²) in [6, 6.07) is 3.99. The van der Waals surface area contributed by atoms with Gasteiger partial charge in [-0.2, -0.15) is 0 Å². The summed E-state index contributed by atoms with van der Waals surface area (Å²) in [4.78, 5) is 0. The molecule has 1 N–H and O–H groups in total. The molecule has 1 aromatic carbocycles. The fourth-order valence-electron chi connectivity index (χ4n) is 1.12. The Morgan fingerprint density at radius 1 is 1.33 bits per heavy atom. The minimum absolute atomic E-state index is 0.362. The van der Waals surface area contributed by atoms with Crippen LogP contribution in [0.25, 0.3) is 0 Å². The van der Waals surface area contributed by atoms with E-state index in [-0.39, 0.29) is 0 Å². The van der Waals surface area contributed by atoms with Crippen LogP contribution in [0.3, 0.4) is 0 Å². The summed E-state index contributed by atoms with van der Waals surface area (Å²) in [5.74, 6) is 0.798. The second-order valence-electron chi connectivity index (χ2n) is 3.29. The summed E-state index contributed by atoms with van der Waals surface area (Å²) in [5, 5.41) is 9.59. The molecule has 0 aliphatic carbocycles. The van der Waals surface area contributed by atoms with E-state index in [2.05, 4.69) is 29.8 Å². The molecular formula is C10H13BrO. The van der Waals surface area contributed by atoms with Crippen molar-refractivity contribution in [1.82, 2.24) is 0 Å². The maximum absolute atomic E-state index is 9.59. The SMILES string of the molecule is Cc1ccc(C(C)C)c(Br)c1O. The van der Waals surface area contributed by atoms with E-state index in [1.54, 1.807) is 0 Å². The highest BCUT2D eigenvalue weighted by molar-refractivity contribution is 9.10. The normalized spacial score (nSPS) is 10.8. The minimum atomic E-state index is 0.362. The molecule has 0 unspecified atom stereocenters. The highest BCUT2D eigenvalue weighted by Crippen LogP contribution is 2.34. The van der Waals surface area contributed by atoms with E-state index in [1.807, 2.05) is 19.1 Å². The lowest BCUT2D eigenvalue weighted by Gasteiger charge is -2.10. The molecule has 0 aromatic heterocycles. The Bertz CT molecular complexity index is 292. The van der Waals surface area contributed by atoms with Gasteiger partial charge in [0.1, 0.15) is 5.75 Å². The van der Waals surface area contributed by atoms with Gasteiger partial charge in [-0.1, -0.05) is 26.0 Å². The molecule has 2 heteroatoms. The van der Waals surface area contributed by atoms with Crippen LogP contribution >= 0.6 is 15.9 Å². The summed E-state index contributed by atoms with van der Waals surface area (Å²) < 4.78 is 0.831. The average Bonchev–Trinajstić information content (AvgIpc) is 2.00. The van der Waals surface area contributed by atoms with Crippen molar-refractivity contribution in [3.05, 3.63) is 27.7 Å². The molecule has 12 heavy (non-hydrogen) atoms. The summed E-state index contributed by atoms with van der Waals surface area (Å²) >= 11 is 3.38. The fourth-order valence-corrected chi connectivity index (χ4v) is 2.03. The zero-order chi connectivity index (χ0) is 9.30. The number of halogens is 1. The van der Waals surface area contributed by atoms with Gasteiger partial charge in [0, 0.05) is 0 Å². The molecule has 0 atom stereocenters. The monoisotopic (exact) mass is 228 g/mol. The first-order valence-electron chi connectivity index (χ1n) is 4.02. The van der Waals surface area contributed by atoms with Crippen LogP contribution in [0.2, 0.25) is 0 Å². The first-order chi connectivity index (χ1) is 5.54. The molecule has 66 valence electrons. The maximum atomic E-state index is 9.59. The lowest BCUT2D eigenvalue weighted by Crippen LogP contribution is -1.90. The third-order valence-corrected chi connectivity index (χ3v) is 2.80. The van der Waals surface area contributed by atoms with Crippen LogP contribution in [0.15, 0.2) is 16.6 Å². The van der Waals surface area contributed by atoms with E-state index in [0.717, 1.165) is 15.6 Å². The minimum Gasteiger partial charge on any atom is -0.506 e. The van der Waals surface area contributed by atoms with Gasteiger partial charge in [0.15, 0.2) is 0 Å². The number of hydrogen-bond donors (Lipinski definition) is 1. The van der Waals surface area contributed by atoms with Crippen molar-refractivity contribution in [2.45, 2.75) is 26.7 Å². The van der Waals surface area contributed by atoms with Crippen molar-refractivity contribution in [3.63, 3.8) is 0 Å². The number of aryl methyl sites for hydroxylation is 1. The molecule has 0 aliphatic rings. The quantitative estimate of drug-likeness (QED) is 0.780. The second-order valence-corrected chi connectivity index (χ2v) is 4.08. The summed E-state index contributed by atoms with van der Waals surface area (Å²) in [7, 11) is 0. The Labute approximate surface area is 81.6 Å². The number of hydrogen-bond acceptors (Lipinski definition) is 1. The van der Waals surface area contributed by atoms with Crippen LogP contribution < -0.4 is 0 Å². The predicted molar refractivity (Wildman–Crippen MR) is 54.6 cm³/mol. The molecule has 0 bridgehead atoms. The van der Waals surface area contributed by atoms with Gasteiger partial charge >= 0.3 is 0 Å². The van der Waals surface area contributed by atoms with Crippen LogP contribution in [0.4, 0.5) is 0 Å². The number of aromatic hydroxyl groups is 1. The van der Waals surface area contributed by atoms with Gasteiger partial charge in [-0.25, -0.2) is 0 Å². The van der Waals surface area contributed by atoms with Gasteiger partial charge in [-0.3, -0.25) is 0 Å². The zero-order valence-corrected chi connectivity index (χ0v) is 9.14. The molecular weight excluding hydrogens is 216 g/mol. The summed E-state index contributed by atoms with van der Waals surface area (Å²) in [5.41, 5.74) is 2.06. The molecule has 0 heterocycles. The number of phenols is 1. The van der Waals surface area contributed by atoms with Crippen molar-refractivity contribution >= 4 is 15.9 Å². The van der Waals surface area contributed by atoms with Crippen LogP contribution in [-0.4, -0.2) is 5.11 Å². The topological polar surface area (TPSA) is 20.2 Å². The number of phenolic OH excluding ortho intramolecular Hbond substituents is 1. The highest BCUT2D eigenvalue weighted by Gasteiger charge is 2.09. The standard InChI is InChI=1S/C10H13BrO/c1-6(2)8-5-4-7(3)10(12)9(8)11/h4-6,12H,1-3H3. The van der Waals surface area contributed by atoms with Gasteiger partial charge in [0.25, 0.3) is 0 Å². The third kappa shape index (κ3) is 1.63. The van der Waals surface area contributed by atoms with Crippen LogP contribution in [0.1, 0.15) is 30.9 Å². The average molecular weight is 229 g/mol. The molecule has 0 fully saturated rings. The molecule has 1 rings (SSSR count). The van der Waals surface area contributed by atoms with Gasteiger partial charge in [0.05, 0.1) is 4.47 Å². The maximum Gasteiger partial charge on any atom is 0.132 e. The smallest absolute Gasteiger partial charge is 0.132 e. The predicted octanol–water partition coefficient (Wildman–Crippen LogP) is 3.59. The summed E-state index contributed by atoms with van der Waals surface area (Å²) in [6.45, 7) is 6.11. The highest BCUT2D eigenvalue weighted by atomic mass is 79.9. The Hall–Kier alpha value is -0.500. The Morgan fingerprint density at radius 2 is 1.92 bits per heavy atom. The van der Waals surface area contributed by atoms with E-state index in [1.165, 1.54) is 0 Å². The first-order valence-corrected chi connectivity index (χ1v) is 4.81. The molecule has 0 saturated heterocycles. The van der Waals surface area contributed by atoms with E-state index in [4.69, 9.17) is 0 Å². The summed E-state index contributed by atoms with van der Waals surface area (Å²) in [6.07, 6.45) is 0. The molecule has 0 spiro atoms. The van der Waals surface area contributed by atoms with Crippen molar-refractivity contribution in [2.75, 3.05) is 0 Å². The van der Waals surface area contributed by atoms with E-state index in [0.29, 0.717) is 11.7 Å². The van der Waals surface area contributed by atoms with E-state index < -0.39 is 0 Å². The Morgan fingerprint density at radius 3 is 2.42 bits per heavy atom. The van der Waals surface area contributed by atoms with Crippen molar-refractivity contribution in [2.24, 2.45) is 0 Å². The van der Waals surface area contributed by atoms with E-state index >= 15 is 0 Å². The molecule has 0 radical (unpaired) electrons. The number of rotatable bonds is 1. The fraction of sp³-hybridized carbons (Fsp3) is 0.400. The van der Waals surface area contributed by atoms with Crippen LogP contribution in [0.5, 0.6) is 5.75 Å². The molecule has 1 nitrogen and oxygen atoms in total. The van der Waals surface area contributed by atoms with Crippen LogP contribution in [0, 0.1) is 6.92 Å². The van der Waals surface area contributed by atoms with Gasteiger partial charge in [-0.15, -0.1) is 0 Å². The van der Waals surface area contributed by atoms with Gasteiger partial charge in [0.2, 0.25) is 0 Å². The van der Waals surface area contributed by atoms with Crippen LogP contribution in [-0.2, 0) is 0 Å². The lowest BCUT2D eigenvalue weighted by atomic mass is 10.0. The first kappa shape index (κ1) is 9.59. The zero-order valence-electron chi connectivity index (χ0n) is 7.56. The lowest BCUT2D eigenvalue weighted by molar-refractivity contribution is 0.466. The largest absolute Gasteiger partial charge is 0.506 e. The Kier molecular flexibility index (Phi) is 2.78. The van der Waals surface area contributed by atoms with E-state index in [9.17, 15) is 5.11 Å². The third-order valence-electron chi connectivity index (χ3n) is 1.97. The van der Waals surface area contributed by atoms with Crippen molar-refractivity contribution < 1.29 is 5.11 Å². The Balaban J connectivity index is 3.27. The van der Waals surface area contributed by atoms with Gasteiger partial charge in [-0.05, 0) is 39.9 Å². The molecule has 0 amide bonds. The van der Waals surface area contributed by atoms with Crippen molar-refractivity contribution in [1.29, 1.82) is 0 Å². The van der Waals surface area contributed by atoms with Crippen molar-refractivity contribution in [3.8, 4) is 5.75 Å². The molecule has 0 saturated carbocycles. The van der Waals surface area contributed by atoms with Gasteiger partial charge < -0.3 is 5.11 Å².